The quantitative estimate of drug-likeness (QED) is 0.908. The van der Waals surface area contributed by atoms with Crippen LogP contribution in [0.5, 0.6) is 0 Å². The monoisotopic (exact) mass is 294 g/mol. The number of sulfonamides is 1. The molecule has 0 amide bonds. The van der Waals surface area contributed by atoms with Crippen molar-refractivity contribution in [2.45, 2.75) is 18.2 Å². The Morgan fingerprint density at radius 3 is 2.44 bits per heavy atom. The van der Waals surface area contributed by atoms with Gasteiger partial charge in [0.15, 0.2) is 0 Å². The average Bonchev–Trinajstić information content (AvgIpc) is 2.69. The van der Waals surface area contributed by atoms with Crippen molar-refractivity contribution in [3.63, 3.8) is 0 Å². The molecule has 0 aromatic heterocycles. The smallest absolute Gasteiger partial charge is 0.218 e. The Balaban J connectivity index is 0.00000162. The fourth-order valence-corrected chi connectivity index (χ4v) is 3.49. The lowest BCUT2D eigenvalue weighted by molar-refractivity contribution is 0.471. The zero-order chi connectivity index (χ0) is 12.5. The summed E-state index contributed by atoms with van der Waals surface area (Å²) in [6.07, 6.45) is 0.697. The molecule has 18 heavy (non-hydrogen) atoms. The van der Waals surface area contributed by atoms with Gasteiger partial charge >= 0.3 is 0 Å². The van der Waals surface area contributed by atoms with Gasteiger partial charge in [-0.3, -0.25) is 0 Å². The average molecular weight is 295 g/mol. The lowest BCUT2D eigenvalue weighted by Crippen LogP contribution is -2.32. The first kappa shape index (κ1) is 15.4. The lowest BCUT2D eigenvalue weighted by atomic mass is 10.2. The molecule has 102 valence electrons. The molecule has 0 bridgehead atoms. The van der Waals surface area contributed by atoms with E-state index < -0.39 is 10.0 Å². The summed E-state index contributed by atoms with van der Waals surface area (Å²) in [5, 5.41) is 0. The van der Waals surface area contributed by atoms with Gasteiger partial charge in [-0.1, -0.05) is 12.1 Å². The molecule has 7 heteroatoms. The van der Waals surface area contributed by atoms with Gasteiger partial charge in [-0.15, -0.1) is 12.4 Å². The molecule has 4 nitrogen and oxygen atoms in total. The van der Waals surface area contributed by atoms with Crippen molar-refractivity contribution < 1.29 is 12.8 Å². The molecule has 1 heterocycles. The number of benzene rings is 1. The van der Waals surface area contributed by atoms with Crippen LogP contribution in [-0.4, -0.2) is 31.9 Å². The van der Waals surface area contributed by atoms with Crippen LogP contribution in [0.2, 0.25) is 0 Å². The van der Waals surface area contributed by atoms with E-state index in [1.165, 1.54) is 28.6 Å². The van der Waals surface area contributed by atoms with Gasteiger partial charge in [-0.05, 0) is 24.1 Å². The standard InChI is InChI=1S/C11H15FN2O2S.ClH/c12-10-3-1-9(2-4-10)8-17(15,16)14-6-5-11(13)7-14;/h1-4,11H,5-8,13H2;1H/t11-;/m1./s1. The molecule has 0 aliphatic carbocycles. The molecule has 0 unspecified atom stereocenters. The van der Waals surface area contributed by atoms with Crippen LogP contribution in [0.1, 0.15) is 12.0 Å². The van der Waals surface area contributed by atoms with Gasteiger partial charge in [0.1, 0.15) is 5.82 Å². The molecule has 2 N–H and O–H groups in total. The SMILES string of the molecule is Cl.N[C@@H]1CCN(S(=O)(=O)Cc2ccc(F)cc2)C1. The second-order valence-electron chi connectivity index (χ2n) is 4.29. The molecule has 1 atom stereocenters. The summed E-state index contributed by atoms with van der Waals surface area (Å²) >= 11 is 0. The minimum atomic E-state index is -3.33. The van der Waals surface area contributed by atoms with E-state index in [1.54, 1.807) is 0 Å². The topological polar surface area (TPSA) is 63.4 Å². The summed E-state index contributed by atoms with van der Waals surface area (Å²) in [5.74, 6) is -0.464. The molecule has 1 aromatic carbocycles. The number of nitrogens with two attached hydrogens (primary N) is 1. The van der Waals surface area contributed by atoms with Gasteiger partial charge in [-0.2, -0.15) is 0 Å². The largest absolute Gasteiger partial charge is 0.326 e. The highest BCUT2D eigenvalue weighted by atomic mass is 35.5. The molecule has 1 fully saturated rings. The lowest BCUT2D eigenvalue weighted by Gasteiger charge is -2.15. The van der Waals surface area contributed by atoms with E-state index in [0.717, 1.165) is 0 Å². The maximum Gasteiger partial charge on any atom is 0.218 e. The van der Waals surface area contributed by atoms with Crippen LogP contribution < -0.4 is 5.73 Å². The first-order valence-corrected chi connectivity index (χ1v) is 7.06. The van der Waals surface area contributed by atoms with E-state index in [4.69, 9.17) is 5.73 Å². The van der Waals surface area contributed by atoms with Crippen molar-refractivity contribution >= 4 is 22.4 Å². The fourth-order valence-electron chi connectivity index (χ4n) is 1.89. The molecular weight excluding hydrogens is 279 g/mol. The molecule has 1 saturated heterocycles. The van der Waals surface area contributed by atoms with E-state index in [2.05, 4.69) is 0 Å². The highest BCUT2D eigenvalue weighted by Gasteiger charge is 2.29. The van der Waals surface area contributed by atoms with Crippen LogP contribution in [0.4, 0.5) is 4.39 Å². The normalized spacial score (nSPS) is 20.7. The second-order valence-corrected chi connectivity index (χ2v) is 6.26. The molecular formula is C11H16ClFN2O2S. The summed E-state index contributed by atoms with van der Waals surface area (Å²) in [7, 11) is -3.33. The summed E-state index contributed by atoms with van der Waals surface area (Å²) in [6, 6.07) is 5.44. The van der Waals surface area contributed by atoms with Crippen molar-refractivity contribution in [1.29, 1.82) is 0 Å². The van der Waals surface area contributed by atoms with Crippen LogP contribution >= 0.6 is 12.4 Å². The Morgan fingerprint density at radius 1 is 1.33 bits per heavy atom. The summed E-state index contributed by atoms with van der Waals surface area (Å²) in [5.41, 5.74) is 6.27. The van der Waals surface area contributed by atoms with E-state index in [-0.39, 0.29) is 30.0 Å². The van der Waals surface area contributed by atoms with Crippen molar-refractivity contribution in [2.24, 2.45) is 5.73 Å². The third-order valence-corrected chi connectivity index (χ3v) is 4.66. The number of rotatable bonds is 3. The van der Waals surface area contributed by atoms with Gasteiger partial charge in [0, 0.05) is 19.1 Å². The summed E-state index contributed by atoms with van der Waals surface area (Å²) in [4.78, 5) is 0. The van der Waals surface area contributed by atoms with Gasteiger partial charge in [0.2, 0.25) is 10.0 Å². The Kier molecular flexibility index (Phi) is 5.10. The summed E-state index contributed by atoms with van der Waals surface area (Å²) in [6.45, 7) is 0.855. The molecule has 2 rings (SSSR count). The molecule has 1 aliphatic heterocycles. The highest BCUT2D eigenvalue weighted by molar-refractivity contribution is 7.88. The number of hydrogen-bond donors (Lipinski definition) is 1. The predicted molar refractivity (Wildman–Crippen MR) is 70.4 cm³/mol. The Bertz CT molecular complexity index is 492. The van der Waals surface area contributed by atoms with Crippen LogP contribution in [0.3, 0.4) is 0 Å². The molecule has 0 saturated carbocycles. The van der Waals surface area contributed by atoms with Crippen LogP contribution in [0.15, 0.2) is 24.3 Å². The van der Waals surface area contributed by atoms with E-state index in [1.807, 2.05) is 0 Å². The highest BCUT2D eigenvalue weighted by Crippen LogP contribution is 2.16. The van der Waals surface area contributed by atoms with Crippen LogP contribution in [-0.2, 0) is 15.8 Å². The van der Waals surface area contributed by atoms with Gasteiger partial charge in [0.25, 0.3) is 0 Å². The van der Waals surface area contributed by atoms with Crippen LogP contribution in [0.25, 0.3) is 0 Å². The van der Waals surface area contributed by atoms with Crippen molar-refractivity contribution in [1.82, 2.24) is 4.31 Å². The van der Waals surface area contributed by atoms with E-state index in [0.29, 0.717) is 25.1 Å². The molecule has 1 aromatic rings. The molecule has 0 spiro atoms. The number of hydrogen-bond acceptors (Lipinski definition) is 3. The Labute approximate surface area is 112 Å². The fraction of sp³-hybridized carbons (Fsp3) is 0.455. The van der Waals surface area contributed by atoms with E-state index in [9.17, 15) is 12.8 Å². The molecule has 1 aliphatic rings. The first-order chi connectivity index (χ1) is 7.97. The minimum Gasteiger partial charge on any atom is -0.326 e. The number of halogens is 2. The maximum atomic E-state index is 12.7. The van der Waals surface area contributed by atoms with Crippen LogP contribution in [0, 0.1) is 5.82 Å². The first-order valence-electron chi connectivity index (χ1n) is 5.45. The second kappa shape index (κ2) is 5.97. The number of nitrogens with zero attached hydrogens (tertiary/aromatic N) is 1. The minimum absolute atomic E-state index is 0. The van der Waals surface area contributed by atoms with Gasteiger partial charge in [0.05, 0.1) is 5.75 Å². The van der Waals surface area contributed by atoms with E-state index >= 15 is 0 Å². The van der Waals surface area contributed by atoms with Gasteiger partial charge in [-0.25, -0.2) is 17.1 Å². The molecule has 0 radical (unpaired) electrons. The Hall–Kier alpha value is -0.690. The summed E-state index contributed by atoms with van der Waals surface area (Å²) < 4.78 is 38.1. The van der Waals surface area contributed by atoms with Gasteiger partial charge < -0.3 is 5.73 Å². The van der Waals surface area contributed by atoms with Crippen molar-refractivity contribution in [3.05, 3.63) is 35.6 Å². The third kappa shape index (κ3) is 3.65. The zero-order valence-electron chi connectivity index (χ0n) is 9.75. The van der Waals surface area contributed by atoms with Crippen molar-refractivity contribution in [2.75, 3.05) is 13.1 Å². The maximum absolute atomic E-state index is 12.7. The zero-order valence-corrected chi connectivity index (χ0v) is 11.4. The predicted octanol–water partition coefficient (Wildman–Crippen LogP) is 1.11. The Morgan fingerprint density at radius 2 is 1.94 bits per heavy atom. The third-order valence-electron chi connectivity index (χ3n) is 2.84. The van der Waals surface area contributed by atoms with Crippen molar-refractivity contribution in [3.8, 4) is 0 Å².